The molecule has 1 unspecified atom stereocenters. The fraction of sp³-hybridized carbons (Fsp3) is 0.452. The Balaban J connectivity index is 1.59. The van der Waals surface area contributed by atoms with Gasteiger partial charge in [-0.05, 0) is 49.7 Å². The fourth-order valence-electron chi connectivity index (χ4n) is 5.15. The summed E-state index contributed by atoms with van der Waals surface area (Å²) in [7, 11) is 4.71. The fourth-order valence-corrected chi connectivity index (χ4v) is 5.15. The van der Waals surface area contributed by atoms with Gasteiger partial charge in [-0.1, -0.05) is 18.1 Å². The summed E-state index contributed by atoms with van der Waals surface area (Å²) >= 11 is 0. The number of likely N-dealkylation sites (tertiary alicyclic amines) is 1. The predicted molar refractivity (Wildman–Crippen MR) is 161 cm³/mol. The van der Waals surface area contributed by atoms with Crippen molar-refractivity contribution >= 4 is 28.2 Å². The van der Waals surface area contributed by atoms with Crippen LogP contribution in [0.3, 0.4) is 0 Å². The number of aliphatic hydroxyl groups is 1. The number of aliphatic hydroxyl groups excluding tert-OH is 1. The molecular formula is C31H37F4N5O4. The van der Waals surface area contributed by atoms with Crippen LogP contribution in [0.15, 0.2) is 42.5 Å². The van der Waals surface area contributed by atoms with E-state index < -0.39 is 36.9 Å². The number of carbonyl (C=O) groups is 1. The summed E-state index contributed by atoms with van der Waals surface area (Å²) in [6.45, 7) is -0.475. The molecule has 2 aromatic carbocycles. The minimum atomic E-state index is -4.50. The van der Waals surface area contributed by atoms with Crippen molar-refractivity contribution in [1.29, 1.82) is 0 Å². The lowest BCUT2D eigenvalue weighted by Crippen LogP contribution is -2.46. The Kier molecular flexibility index (Phi) is 11.0. The van der Waals surface area contributed by atoms with Crippen molar-refractivity contribution < 1.29 is 36.9 Å². The molecule has 0 saturated carbocycles. The van der Waals surface area contributed by atoms with Crippen LogP contribution in [0, 0.1) is 11.8 Å². The normalized spacial score (nSPS) is 17.9. The Morgan fingerprint density at radius 1 is 1.20 bits per heavy atom. The van der Waals surface area contributed by atoms with Crippen LogP contribution in [-0.2, 0) is 11.3 Å². The topological polar surface area (TPSA) is 100 Å². The molecule has 0 radical (unpaired) electrons. The minimum Gasteiger partial charge on any atom is -0.495 e. The summed E-state index contributed by atoms with van der Waals surface area (Å²) in [5, 5.41) is 18.8. The zero-order valence-electron chi connectivity index (χ0n) is 24.8. The molecule has 1 saturated heterocycles. The molecule has 1 aliphatic rings. The molecule has 4 rings (SSSR count). The van der Waals surface area contributed by atoms with Crippen LogP contribution < -0.4 is 20.7 Å². The highest BCUT2D eigenvalue weighted by Crippen LogP contribution is 2.32. The van der Waals surface area contributed by atoms with Crippen LogP contribution in [0.4, 0.5) is 28.9 Å². The number of hydrogen-bond acceptors (Lipinski definition) is 7. The zero-order chi connectivity index (χ0) is 31.9. The third-order valence-corrected chi connectivity index (χ3v) is 7.46. The molecule has 1 aromatic heterocycles. The van der Waals surface area contributed by atoms with Crippen molar-refractivity contribution in [3.63, 3.8) is 0 Å². The quantitative estimate of drug-likeness (QED) is 0.191. The van der Waals surface area contributed by atoms with E-state index in [1.807, 2.05) is 11.9 Å². The molecule has 238 valence electrons. The number of hydrogen-bond donors (Lipinski definition) is 4. The standard InChI is InChI=1S/C31H37F4N5O4/c1-39-14-12-26(24(32)17-39)38-25-9-5-10-27-23(25)15-20(40(27)19-31(33,34)35)7-6-13-36-29-22(8-4-11-28(29)44-3)30(42)37-16-21(18-41)43-2/h4-5,8-11,15,21,24,26,36,38,41H,12-14,16-19H2,1-3H3,(H,37,42)/t21?,24-,26+/m0/s1. The third kappa shape index (κ3) is 8.13. The van der Waals surface area contributed by atoms with E-state index in [1.165, 1.54) is 14.2 Å². The van der Waals surface area contributed by atoms with E-state index in [4.69, 9.17) is 9.47 Å². The molecule has 1 fully saturated rings. The van der Waals surface area contributed by atoms with E-state index in [0.29, 0.717) is 41.0 Å². The SMILES string of the molecule is COc1cccc(C(=O)NCC(CO)OC)c1NCC#Cc1cc2c(N[C@@H]3CCN(C)C[C@@H]3F)cccc2n1CC(F)(F)F. The summed E-state index contributed by atoms with van der Waals surface area (Å²) in [6, 6.07) is 10.9. The van der Waals surface area contributed by atoms with Gasteiger partial charge in [0.25, 0.3) is 5.91 Å². The van der Waals surface area contributed by atoms with Gasteiger partial charge in [0.05, 0.1) is 54.9 Å². The Morgan fingerprint density at radius 3 is 2.66 bits per heavy atom. The number of para-hydroxylation sites is 1. The number of fused-ring (bicyclic) bond motifs is 1. The monoisotopic (exact) mass is 619 g/mol. The molecule has 1 amide bonds. The Morgan fingerprint density at radius 2 is 1.98 bits per heavy atom. The number of benzene rings is 2. The molecule has 3 atom stereocenters. The first-order valence-electron chi connectivity index (χ1n) is 14.1. The van der Waals surface area contributed by atoms with Crippen LogP contribution in [0.2, 0.25) is 0 Å². The first-order chi connectivity index (χ1) is 21.0. The van der Waals surface area contributed by atoms with Crippen molar-refractivity contribution in [3.05, 3.63) is 53.7 Å². The Labute approximate surface area is 253 Å². The number of aromatic nitrogens is 1. The van der Waals surface area contributed by atoms with Crippen LogP contribution in [0.1, 0.15) is 22.5 Å². The number of nitrogens with zero attached hydrogens (tertiary/aromatic N) is 2. The number of rotatable bonds is 11. The van der Waals surface area contributed by atoms with Gasteiger partial charge in [0.15, 0.2) is 0 Å². The number of anilines is 2. The lowest BCUT2D eigenvalue weighted by atomic mass is 10.0. The molecule has 1 aliphatic heterocycles. The Hall–Kier alpha value is -3.99. The second-order valence-corrected chi connectivity index (χ2v) is 10.6. The van der Waals surface area contributed by atoms with Crippen molar-refractivity contribution in [2.45, 2.75) is 37.5 Å². The van der Waals surface area contributed by atoms with Crippen LogP contribution in [-0.4, -0.2) is 99.0 Å². The van der Waals surface area contributed by atoms with E-state index >= 15 is 0 Å². The van der Waals surface area contributed by atoms with Gasteiger partial charge < -0.3 is 40.0 Å². The number of carbonyl (C=O) groups excluding carboxylic acids is 1. The zero-order valence-corrected chi connectivity index (χ0v) is 24.8. The maximum absolute atomic E-state index is 14.7. The number of piperidine rings is 1. The van der Waals surface area contributed by atoms with E-state index in [0.717, 1.165) is 4.57 Å². The minimum absolute atomic E-state index is 0.0181. The van der Waals surface area contributed by atoms with Gasteiger partial charge in [0.1, 0.15) is 18.5 Å². The second-order valence-electron chi connectivity index (χ2n) is 10.6. The van der Waals surface area contributed by atoms with Gasteiger partial charge in [-0.15, -0.1) is 0 Å². The average molecular weight is 620 g/mol. The van der Waals surface area contributed by atoms with Gasteiger partial charge in [0, 0.05) is 37.8 Å². The number of halogens is 4. The molecule has 9 nitrogen and oxygen atoms in total. The van der Waals surface area contributed by atoms with Gasteiger partial charge >= 0.3 is 6.18 Å². The largest absolute Gasteiger partial charge is 0.495 e. The van der Waals surface area contributed by atoms with Gasteiger partial charge in [-0.2, -0.15) is 13.2 Å². The number of amides is 1. The van der Waals surface area contributed by atoms with E-state index in [-0.39, 0.29) is 37.5 Å². The first kappa shape index (κ1) is 32.9. The van der Waals surface area contributed by atoms with E-state index in [2.05, 4.69) is 27.8 Å². The van der Waals surface area contributed by atoms with Crippen LogP contribution in [0.25, 0.3) is 10.9 Å². The molecular weight excluding hydrogens is 582 g/mol. The van der Waals surface area contributed by atoms with E-state index in [9.17, 15) is 27.5 Å². The summed E-state index contributed by atoms with van der Waals surface area (Å²) in [5.74, 6) is 5.62. The molecule has 4 N–H and O–H groups in total. The van der Waals surface area contributed by atoms with Crippen molar-refractivity contribution in [3.8, 4) is 17.6 Å². The summed E-state index contributed by atoms with van der Waals surface area (Å²) in [6.07, 6.45) is -5.63. The first-order valence-corrected chi connectivity index (χ1v) is 14.1. The number of nitrogens with one attached hydrogen (secondary N) is 3. The highest BCUT2D eigenvalue weighted by atomic mass is 19.4. The summed E-state index contributed by atoms with van der Waals surface area (Å²) in [5.41, 5.74) is 1.61. The maximum Gasteiger partial charge on any atom is 0.406 e. The number of ether oxygens (including phenoxy) is 2. The molecule has 2 heterocycles. The lowest BCUT2D eigenvalue weighted by molar-refractivity contribution is -0.140. The summed E-state index contributed by atoms with van der Waals surface area (Å²) < 4.78 is 67.2. The van der Waals surface area contributed by atoms with Crippen molar-refractivity contribution in [2.24, 2.45) is 0 Å². The van der Waals surface area contributed by atoms with Gasteiger partial charge in [-0.25, -0.2) is 4.39 Å². The molecule has 44 heavy (non-hydrogen) atoms. The molecule has 3 aromatic rings. The highest BCUT2D eigenvalue weighted by Gasteiger charge is 2.31. The van der Waals surface area contributed by atoms with E-state index in [1.54, 1.807) is 42.5 Å². The molecule has 0 bridgehead atoms. The van der Waals surface area contributed by atoms with Gasteiger partial charge in [0.2, 0.25) is 0 Å². The summed E-state index contributed by atoms with van der Waals surface area (Å²) in [4.78, 5) is 14.8. The lowest BCUT2D eigenvalue weighted by Gasteiger charge is -2.33. The van der Waals surface area contributed by atoms with Crippen molar-refractivity contribution in [1.82, 2.24) is 14.8 Å². The van der Waals surface area contributed by atoms with Crippen molar-refractivity contribution in [2.75, 3.05) is 64.7 Å². The number of alkyl halides is 4. The maximum atomic E-state index is 14.7. The predicted octanol–water partition coefficient (Wildman–Crippen LogP) is 3.87. The molecule has 13 heteroatoms. The van der Waals surface area contributed by atoms with Crippen LogP contribution in [0.5, 0.6) is 5.75 Å². The molecule has 0 aliphatic carbocycles. The van der Waals surface area contributed by atoms with Gasteiger partial charge in [-0.3, -0.25) is 4.79 Å². The average Bonchev–Trinajstić information content (AvgIpc) is 3.33. The van der Waals surface area contributed by atoms with Crippen LogP contribution >= 0.6 is 0 Å². The third-order valence-electron chi connectivity index (χ3n) is 7.46. The second kappa shape index (κ2) is 14.7. The smallest absolute Gasteiger partial charge is 0.406 e. The Bertz CT molecular complexity index is 1500. The highest BCUT2D eigenvalue weighted by molar-refractivity contribution is 6.01. The molecule has 0 spiro atoms. The number of methoxy groups -OCH3 is 2.